The van der Waals surface area contributed by atoms with E-state index in [0.717, 1.165) is 44.3 Å². The van der Waals surface area contributed by atoms with Crippen LogP contribution in [0.1, 0.15) is 62.4 Å². The smallest absolute Gasteiger partial charge is 0.421 e. The molecule has 6 nitrogen and oxygen atoms in total. The van der Waals surface area contributed by atoms with E-state index in [9.17, 15) is 22.8 Å². The molecule has 1 aromatic heterocycles. The Morgan fingerprint density at radius 1 is 1.14 bits per heavy atom. The van der Waals surface area contributed by atoms with Crippen molar-refractivity contribution in [1.82, 2.24) is 4.98 Å². The van der Waals surface area contributed by atoms with Crippen LogP contribution in [0.25, 0.3) is 0 Å². The van der Waals surface area contributed by atoms with Crippen LogP contribution in [0.2, 0.25) is 0 Å². The van der Waals surface area contributed by atoms with Gasteiger partial charge in [0, 0.05) is 33.9 Å². The quantitative estimate of drug-likeness (QED) is 0.198. The molecule has 1 aliphatic carbocycles. The van der Waals surface area contributed by atoms with E-state index in [4.69, 9.17) is 9.47 Å². The van der Waals surface area contributed by atoms with Gasteiger partial charge in [0.25, 0.3) is 0 Å². The molecule has 0 unspecified atom stereocenters. The number of pyridine rings is 1. The maximum Gasteiger partial charge on any atom is 0.421 e. The van der Waals surface area contributed by atoms with Gasteiger partial charge in [-0.25, -0.2) is 14.2 Å². The number of benzene rings is 1. The summed E-state index contributed by atoms with van der Waals surface area (Å²) in [5.74, 6) is -3.47. The number of hydrogen-bond donors (Lipinski definition) is 0. The summed E-state index contributed by atoms with van der Waals surface area (Å²) < 4.78 is 66.0. The van der Waals surface area contributed by atoms with E-state index < -0.39 is 41.2 Å². The van der Waals surface area contributed by atoms with Crippen LogP contribution in [0.5, 0.6) is 11.6 Å². The highest BCUT2D eigenvalue weighted by Crippen LogP contribution is 2.40. The molecule has 1 heterocycles. The molecule has 11 heteroatoms. The number of aromatic nitrogens is 1. The number of ether oxygens (including phenoxy) is 2. The predicted octanol–water partition coefficient (Wildman–Crippen LogP) is 6.99. The third-order valence-electron chi connectivity index (χ3n) is 6.16. The number of carbonyl (C=O) groups is 2. The van der Waals surface area contributed by atoms with Gasteiger partial charge in [0.15, 0.2) is 11.6 Å². The fourth-order valence-electron chi connectivity index (χ4n) is 4.26. The van der Waals surface area contributed by atoms with Crippen LogP contribution in [0.3, 0.4) is 0 Å². The van der Waals surface area contributed by atoms with Gasteiger partial charge in [0.2, 0.25) is 11.8 Å². The standard InChI is InChI=1S/C25H27F4IN2O4/c1-13(2)32(23(33)15-7-5-14(3)6-8-15)20-11-19(26)21(10-17(20)24(34)35-4)36-22-18(25(27,28)29)9-16(30)12-31-22/h9-15H,5-8H2,1-4H3. The van der Waals surface area contributed by atoms with Crippen molar-refractivity contribution in [3.05, 3.63) is 44.9 Å². The molecular formula is C25H27F4IN2O4. The minimum Gasteiger partial charge on any atom is -0.465 e. The van der Waals surface area contributed by atoms with Gasteiger partial charge < -0.3 is 14.4 Å². The fourth-order valence-corrected chi connectivity index (χ4v) is 4.71. The minimum absolute atomic E-state index is 0.0306. The first-order valence-electron chi connectivity index (χ1n) is 11.5. The van der Waals surface area contributed by atoms with Crippen molar-refractivity contribution in [3.63, 3.8) is 0 Å². The van der Waals surface area contributed by atoms with Crippen molar-refractivity contribution in [3.8, 4) is 11.6 Å². The van der Waals surface area contributed by atoms with E-state index >= 15 is 4.39 Å². The van der Waals surface area contributed by atoms with Crippen molar-refractivity contribution in [1.29, 1.82) is 0 Å². The zero-order chi connectivity index (χ0) is 26.8. The maximum atomic E-state index is 15.2. The van der Waals surface area contributed by atoms with Crippen LogP contribution in [-0.4, -0.2) is 30.0 Å². The molecule has 0 aliphatic heterocycles. The molecule has 1 aliphatic rings. The van der Waals surface area contributed by atoms with Gasteiger partial charge in [0.1, 0.15) is 5.56 Å². The molecule has 1 fully saturated rings. The van der Waals surface area contributed by atoms with Gasteiger partial charge in [-0.1, -0.05) is 6.92 Å². The van der Waals surface area contributed by atoms with Gasteiger partial charge in [-0.15, -0.1) is 0 Å². The average molecular weight is 622 g/mol. The molecule has 36 heavy (non-hydrogen) atoms. The highest BCUT2D eigenvalue weighted by atomic mass is 127. The van der Waals surface area contributed by atoms with Crippen molar-refractivity contribution < 1.29 is 36.6 Å². The Bertz CT molecular complexity index is 1130. The monoisotopic (exact) mass is 622 g/mol. The number of alkyl halides is 3. The van der Waals surface area contributed by atoms with E-state index in [1.807, 2.05) is 0 Å². The van der Waals surface area contributed by atoms with Crippen molar-refractivity contribution >= 4 is 40.2 Å². The predicted molar refractivity (Wildman–Crippen MR) is 134 cm³/mol. The topological polar surface area (TPSA) is 68.7 Å². The molecule has 3 rings (SSSR count). The van der Waals surface area contributed by atoms with Crippen LogP contribution in [-0.2, 0) is 15.7 Å². The molecule has 1 aromatic carbocycles. The summed E-state index contributed by atoms with van der Waals surface area (Å²) in [4.78, 5) is 31.1. The Morgan fingerprint density at radius 3 is 2.33 bits per heavy atom. The summed E-state index contributed by atoms with van der Waals surface area (Å²) in [5.41, 5.74) is -1.43. The highest BCUT2D eigenvalue weighted by molar-refractivity contribution is 14.1. The van der Waals surface area contributed by atoms with Gasteiger partial charge in [-0.2, -0.15) is 13.2 Å². The second-order valence-electron chi connectivity index (χ2n) is 9.16. The van der Waals surface area contributed by atoms with E-state index in [1.54, 1.807) is 36.4 Å². The zero-order valence-corrected chi connectivity index (χ0v) is 22.4. The first kappa shape index (κ1) is 28.1. The third-order valence-corrected chi connectivity index (χ3v) is 6.75. The molecule has 0 spiro atoms. The number of halogens is 5. The molecule has 196 valence electrons. The number of esters is 1. The molecule has 0 radical (unpaired) electrons. The van der Waals surface area contributed by atoms with Crippen LogP contribution >= 0.6 is 22.6 Å². The maximum absolute atomic E-state index is 15.2. The highest BCUT2D eigenvalue weighted by Gasteiger charge is 2.37. The van der Waals surface area contributed by atoms with Crippen LogP contribution in [0.15, 0.2) is 24.4 Å². The minimum atomic E-state index is -4.80. The van der Waals surface area contributed by atoms with Crippen molar-refractivity contribution in [2.75, 3.05) is 12.0 Å². The summed E-state index contributed by atoms with van der Waals surface area (Å²) in [7, 11) is 1.11. The number of nitrogens with zero attached hydrogens (tertiary/aromatic N) is 2. The largest absolute Gasteiger partial charge is 0.465 e. The molecule has 1 saturated carbocycles. The third kappa shape index (κ3) is 6.27. The van der Waals surface area contributed by atoms with Crippen molar-refractivity contribution in [2.45, 2.75) is 58.7 Å². The first-order valence-corrected chi connectivity index (χ1v) is 12.6. The number of methoxy groups -OCH3 is 1. The second kappa shape index (κ2) is 11.3. The lowest BCUT2D eigenvalue weighted by Gasteiger charge is -2.34. The van der Waals surface area contributed by atoms with Gasteiger partial charge in [0.05, 0.1) is 18.4 Å². The molecular weight excluding hydrogens is 595 g/mol. The molecule has 0 atom stereocenters. The SMILES string of the molecule is COC(=O)c1cc(Oc2ncc(I)cc2C(F)(F)F)c(F)cc1N(C(=O)C1CCC(C)CC1)C(C)C. The molecule has 0 bridgehead atoms. The van der Waals surface area contributed by atoms with E-state index in [-0.39, 0.29) is 26.6 Å². The lowest BCUT2D eigenvalue weighted by Crippen LogP contribution is -2.43. The number of carbonyl (C=O) groups excluding carboxylic acids is 2. The van der Waals surface area contributed by atoms with Crippen molar-refractivity contribution in [2.24, 2.45) is 11.8 Å². The second-order valence-corrected chi connectivity index (χ2v) is 10.4. The van der Waals surface area contributed by atoms with Gasteiger partial charge >= 0.3 is 12.1 Å². The lowest BCUT2D eigenvalue weighted by molar-refractivity contribution is -0.139. The summed E-state index contributed by atoms with van der Waals surface area (Å²) in [6.45, 7) is 5.59. The van der Waals surface area contributed by atoms with Crippen LogP contribution in [0.4, 0.5) is 23.2 Å². The molecule has 0 saturated heterocycles. The Balaban J connectivity index is 2.07. The summed E-state index contributed by atoms with van der Waals surface area (Å²) in [6.07, 6.45) is -0.527. The summed E-state index contributed by atoms with van der Waals surface area (Å²) in [5, 5.41) is 0. The van der Waals surface area contributed by atoms with Gasteiger partial charge in [-0.3, -0.25) is 4.79 Å². The first-order chi connectivity index (χ1) is 16.8. The molecule has 1 amide bonds. The van der Waals surface area contributed by atoms with Crippen LogP contribution in [0, 0.1) is 21.2 Å². The normalized spacial score (nSPS) is 18.2. The average Bonchev–Trinajstić information content (AvgIpc) is 2.80. The Hall–Kier alpha value is -2.44. The lowest BCUT2D eigenvalue weighted by atomic mass is 9.82. The zero-order valence-electron chi connectivity index (χ0n) is 20.3. The van der Waals surface area contributed by atoms with E-state index in [0.29, 0.717) is 18.8 Å². The number of anilines is 1. The molecule has 2 aromatic rings. The number of hydrogen-bond acceptors (Lipinski definition) is 5. The molecule has 0 N–H and O–H groups in total. The Labute approximate surface area is 220 Å². The van der Waals surface area contributed by atoms with E-state index in [1.165, 1.54) is 4.90 Å². The van der Waals surface area contributed by atoms with Crippen LogP contribution < -0.4 is 9.64 Å². The number of amides is 1. The Morgan fingerprint density at radius 2 is 1.78 bits per heavy atom. The van der Waals surface area contributed by atoms with E-state index in [2.05, 4.69) is 11.9 Å². The summed E-state index contributed by atoms with van der Waals surface area (Å²) in [6, 6.07) is 2.26. The number of rotatable bonds is 6. The van der Waals surface area contributed by atoms with Gasteiger partial charge in [-0.05, 0) is 74.1 Å². The fraction of sp³-hybridized carbons (Fsp3) is 0.480. The Kier molecular flexibility index (Phi) is 8.84. The summed E-state index contributed by atoms with van der Waals surface area (Å²) >= 11 is 1.67.